The monoisotopic (exact) mass is 642 g/mol. The molecule has 1 aromatic carbocycles. The number of amides is 6. The quantitative estimate of drug-likeness (QED) is 0.147. The minimum absolute atomic E-state index is 0. The number of fused-ring (bicyclic) bond motifs is 1. The number of nitrogens with one attached hydrogen (secondary N) is 2. The second-order valence-corrected chi connectivity index (χ2v) is 12.3. The van der Waals surface area contributed by atoms with Crippen molar-refractivity contribution in [3.63, 3.8) is 0 Å². The van der Waals surface area contributed by atoms with E-state index in [0.29, 0.717) is 14.8 Å². The normalized spacial score (nSPS) is 21.0. The molecular formula is C24H23N6NaO10S2. The Balaban J connectivity index is 0.00000506. The van der Waals surface area contributed by atoms with Crippen LogP contribution in [0, 0.1) is 11.3 Å². The van der Waals surface area contributed by atoms with Crippen LogP contribution in [0.3, 0.4) is 0 Å². The molecule has 222 valence electrons. The van der Waals surface area contributed by atoms with Gasteiger partial charge in [0, 0.05) is 24.4 Å². The minimum Gasteiger partial charge on any atom is -0.549 e. The molecule has 2 N–H and O–H groups in total. The van der Waals surface area contributed by atoms with Gasteiger partial charge in [0.2, 0.25) is 5.91 Å². The number of carboxylic acid groups (broad SMARTS) is 1. The van der Waals surface area contributed by atoms with Crippen LogP contribution in [0.2, 0.25) is 0 Å². The summed E-state index contributed by atoms with van der Waals surface area (Å²) in [6.45, 7) is 0.252. The molecule has 2 fully saturated rings. The number of anilines is 1. The van der Waals surface area contributed by atoms with E-state index in [0.717, 1.165) is 18.7 Å². The van der Waals surface area contributed by atoms with Crippen molar-refractivity contribution in [3.05, 3.63) is 41.6 Å². The van der Waals surface area contributed by atoms with Gasteiger partial charge in [-0.1, -0.05) is 18.2 Å². The Labute approximate surface area is 271 Å². The minimum atomic E-state index is -4.21. The van der Waals surface area contributed by atoms with Crippen molar-refractivity contribution in [2.75, 3.05) is 30.8 Å². The number of ether oxygens (including phenoxy) is 1. The van der Waals surface area contributed by atoms with Gasteiger partial charge in [0.25, 0.3) is 15.9 Å². The smallest absolute Gasteiger partial charge is 0.549 e. The topological polar surface area (TPSA) is 226 Å². The van der Waals surface area contributed by atoms with Gasteiger partial charge in [0.1, 0.15) is 18.0 Å². The van der Waals surface area contributed by atoms with E-state index in [1.165, 1.54) is 29.3 Å². The first-order valence-electron chi connectivity index (χ1n) is 12.2. The number of aliphatic carboxylic acids is 1. The molecular weight excluding hydrogens is 619 g/mol. The SMILES string of the molecule is CC(=O)OCC1=CN2C(=O)C(NC(=O)Cc3ccccc3NC(=O)N3CCN(S(=O)(=O)CC#N)C3=O)[C@H]2SC1C(=O)[O-].[Na+]. The summed E-state index contributed by atoms with van der Waals surface area (Å²) in [5, 5.41) is 23.4. The van der Waals surface area contributed by atoms with E-state index in [2.05, 4.69) is 10.6 Å². The molecule has 0 spiro atoms. The number of para-hydroxylation sites is 1. The summed E-state index contributed by atoms with van der Waals surface area (Å²) in [5.41, 5.74) is 0.601. The molecule has 1 aromatic rings. The van der Waals surface area contributed by atoms with Crippen LogP contribution in [0.5, 0.6) is 0 Å². The third-order valence-electron chi connectivity index (χ3n) is 6.38. The zero-order valence-corrected chi connectivity index (χ0v) is 26.5. The van der Waals surface area contributed by atoms with Gasteiger partial charge in [-0.2, -0.15) is 5.26 Å². The van der Waals surface area contributed by atoms with E-state index in [-0.39, 0.29) is 66.9 Å². The molecule has 19 heteroatoms. The van der Waals surface area contributed by atoms with E-state index >= 15 is 0 Å². The average Bonchev–Trinajstić information content (AvgIpc) is 3.33. The fraction of sp³-hybridized carbons (Fsp3) is 0.375. The molecule has 0 bridgehead atoms. The molecule has 0 aliphatic carbocycles. The maximum absolute atomic E-state index is 12.9. The molecule has 43 heavy (non-hydrogen) atoms. The van der Waals surface area contributed by atoms with Crippen LogP contribution in [-0.4, -0.2) is 100 Å². The second-order valence-electron chi connectivity index (χ2n) is 9.19. The van der Waals surface area contributed by atoms with E-state index in [1.54, 1.807) is 12.1 Å². The van der Waals surface area contributed by atoms with Crippen LogP contribution in [0.4, 0.5) is 15.3 Å². The fourth-order valence-corrected chi connectivity index (χ4v) is 6.72. The van der Waals surface area contributed by atoms with Crippen molar-refractivity contribution in [1.82, 2.24) is 19.4 Å². The van der Waals surface area contributed by atoms with Gasteiger partial charge < -0.3 is 30.2 Å². The second kappa shape index (κ2) is 13.8. The molecule has 3 heterocycles. The number of hydrogen-bond acceptors (Lipinski definition) is 12. The number of sulfonamides is 1. The summed E-state index contributed by atoms with van der Waals surface area (Å²) in [6.07, 6.45) is 0.957. The van der Waals surface area contributed by atoms with Crippen LogP contribution < -0.4 is 45.3 Å². The Morgan fingerprint density at radius 3 is 2.53 bits per heavy atom. The summed E-state index contributed by atoms with van der Waals surface area (Å²) in [4.78, 5) is 75.6. The Morgan fingerprint density at radius 2 is 1.88 bits per heavy atom. The largest absolute Gasteiger partial charge is 1.00 e. The standard InChI is InChI=1S/C24H24N6O10S2.Na/c1-13(31)40-12-15-11-29-20(33)18(21(29)41-19(15)22(34)35)27-17(32)10-14-4-2-3-5-16(14)26-23(36)28-7-8-30(24(28)37)42(38,39)9-6-25;/h2-5,11,18-19,21H,7-10,12H2,1H3,(H,26,36)(H,27,32)(H,34,35);/q;+1/p-1/t18?,19?,21-;/m1./s1. The van der Waals surface area contributed by atoms with E-state index < -0.39 is 68.3 Å². The van der Waals surface area contributed by atoms with Crippen molar-refractivity contribution >= 4 is 63.3 Å². The number of carbonyl (C=O) groups excluding carboxylic acids is 6. The number of benzene rings is 1. The van der Waals surface area contributed by atoms with Gasteiger partial charge in [0.05, 0.1) is 36.8 Å². The fourth-order valence-electron chi connectivity index (χ4n) is 4.38. The average molecular weight is 643 g/mol. The summed E-state index contributed by atoms with van der Waals surface area (Å²) in [6, 6.07) is 4.46. The molecule has 3 aliphatic rings. The number of carbonyl (C=O) groups is 6. The first kappa shape index (κ1) is 33.9. The number of esters is 1. The Bertz CT molecular complexity index is 1540. The Morgan fingerprint density at radius 1 is 1.19 bits per heavy atom. The van der Waals surface area contributed by atoms with Crippen molar-refractivity contribution < 1.29 is 76.6 Å². The van der Waals surface area contributed by atoms with Gasteiger partial charge in [-0.25, -0.2) is 27.2 Å². The predicted molar refractivity (Wildman–Crippen MR) is 141 cm³/mol. The number of nitrogens with zero attached hydrogens (tertiary/aromatic N) is 4. The van der Waals surface area contributed by atoms with Crippen LogP contribution in [-0.2, 0) is 40.4 Å². The molecule has 3 atom stereocenters. The van der Waals surface area contributed by atoms with Crippen LogP contribution in [0.15, 0.2) is 36.0 Å². The number of β-lactam (4-membered cyclic amide) rings is 1. The molecule has 0 saturated carbocycles. The molecule has 2 saturated heterocycles. The van der Waals surface area contributed by atoms with Crippen LogP contribution in [0.1, 0.15) is 12.5 Å². The summed E-state index contributed by atoms with van der Waals surface area (Å²) >= 11 is 0.850. The summed E-state index contributed by atoms with van der Waals surface area (Å²) in [7, 11) is -4.21. The molecule has 4 rings (SSSR count). The number of urea groups is 2. The Kier molecular flexibility index (Phi) is 10.8. The van der Waals surface area contributed by atoms with E-state index in [4.69, 9.17) is 10.00 Å². The number of hydrogen-bond donors (Lipinski definition) is 2. The van der Waals surface area contributed by atoms with Crippen LogP contribution in [0.25, 0.3) is 0 Å². The summed E-state index contributed by atoms with van der Waals surface area (Å²) in [5.74, 6) is -4.14. The van der Waals surface area contributed by atoms with E-state index in [9.17, 15) is 42.3 Å². The number of nitriles is 1. The Hall–Kier alpha value is -3.63. The summed E-state index contributed by atoms with van der Waals surface area (Å²) < 4.78 is 29.5. The number of thioether (sulfide) groups is 1. The van der Waals surface area contributed by atoms with Gasteiger partial charge in [-0.3, -0.25) is 14.4 Å². The molecule has 6 amide bonds. The molecule has 16 nitrogen and oxygen atoms in total. The predicted octanol–water partition coefficient (Wildman–Crippen LogP) is -4.68. The zero-order chi connectivity index (χ0) is 30.8. The first-order valence-corrected chi connectivity index (χ1v) is 14.8. The van der Waals surface area contributed by atoms with Crippen molar-refractivity contribution in [2.24, 2.45) is 0 Å². The van der Waals surface area contributed by atoms with Gasteiger partial charge >= 0.3 is 47.6 Å². The van der Waals surface area contributed by atoms with Crippen LogP contribution >= 0.6 is 11.8 Å². The maximum atomic E-state index is 12.9. The van der Waals surface area contributed by atoms with Crippen molar-refractivity contribution in [3.8, 4) is 6.07 Å². The third-order valence-corrected chi connectivity index (χ3v) is 9.43. The number of rotatable bonds is 9. The molecule has 0 aromatic heterocycles. The van der Waals surface area contributed by atoms with Gasteiger partial charge in [-0.15, -0.1) is 11.8 Å². The maximum Gasteiger partial charge on any atom is 1.00 e. The van der Waals surface area contributed by atoms with Crippen molar-refractivity contribution in [2.45, 2.75) is 30.0 Å². The van der Waals surface area contributed by atoms with Gasteiger partial charge in [-0.05, 0) is 11.6 Å². The number of carboxylic acids is 1. The molecule has 0 radical (unpaired) electrons. The van der Waals surface area contributed by atoms with Crippen molar-refractivity contribution in [1.29, 1.82) is 5.26 Å². The first-order chi connectivity index (χ1) is 19.8. The van der Waals surface area contributed by atoms with Gasteiger partial charge in [0.15, 0.2) is 5.75 Å². The zero-order valence-electron chi connectivity index (χ0n) is 22.8. The third kappa shape index (κ3) is 7.30. The molecule has 2 unspecified atom stereocenters. The van der Waals surface area contributed by atoms with E-state index in [1.807, 2.05) is 0 Å². The molecule has 3 aliphatic heterocycles. The number of imide groups is 1.